The molecule has 0 bridgehead atoms. The van der Waals surface area contributed by atoms with Crippen LogP contribution in [0.15, 0.2) is 24.3 Å². The maximum atomic E-state index is 11.6. The van der Waals surface area contributed by atoms with Crippen molar-refractivity contribution in [2.45, 2.75) is 5.25 Å². The molecule has 1 fully saturated rings. The summed E-state index contributed by atoms with van der Waals surface area (Å²) in [4.78, 5) is 13.6. The molecule has 1 N–H and O–H groups in total. The number of nitrogens with zero attached hydrogens (tertiary/aromatic N) is 1. The highest BCUT2D eigenvalue weighted by Gasteiger charge is 2.28. The smallest absolute Gasteiger partial charge is 0.320 e. The summed E-state index contributed by atoms with van der Waals surface area (Å²) in [6.45, 7) is 1.39. The van der Waals surface area contributed by atoms with Crippen LogP contribution in [0.5, 0.6) is 5.75 Å². The number of carbonyl (C=O) groups excluding carboxylic acids is 1. The molecule has 1 aromatic carbocycles. The number of nitrogens with one attached hydrogen (secondary N) is 1. The van der Waals surface area contributed by atoms with Crippen LogP contribution in [0.25, 0.3) is 0 Å². The van der Waals surface area contributed by atoms with E-state index in [1.165, 1.54) is 7.11 Å². The van der Waals surface area contributed by atoms with Crippen molar-refractivity contribution in [3.05, 3.63) is 24.3 Å². The Morgan fingerprint density at radius 2 is 2.10 bits per heavy atom. The van der Waals surface area contributed by atoms with Gasteiger partial charge in [-0.25, -0.2) is 0 Å². The molecule has 0 amide bonds. The van der Waals surface area contributed by atoms with Crippen LogP contribution in [0.2, 0.25) is 0 Å². The van der Waals surface area contributed by atoms with Crippen molar-refractivity contribution in [1.82, 2.24) is 4.90 Å². The van der Waals surface area contributed by atoms with Gasteiger partial charge in [-0.15, -0.1) is 11.8 Å². The molecule has 7 heteroatoms. The number of anilines is 1. The fourth-order valence-electron chi connectivity index (χ4n) is 1.98. The van der Waals surface area contributed by atoms with Crippen LogP contribution in [0.3, 0.4) is 0 Å². The van der Waals surface area contributed by atoms with Gasteiger partial charge in [0.25, 0.3) is 0 Å². The van der Waals surface area contributed by atoms with Crippen LogP contribution in [-0.4, -0.2) is 54.3 Å². The lowest BCUT2D eigenvalue weighted by molar-refractivity contribution is -0.140. The molecule has 5 nitrogen and oxygen atoms in total. The van der Waals surface area contributed by atoms with E-state index in [2.05, 4.69) is 5.32 Å². The standard InChI is InChI=1S/C14H18N2O3S2/c1-18-11-5-3-10(4-6-11)15-14(20)16-7-8-21-12(9-16)13(17)19-2/h3-6,12H,7-9H2,1-2H3,(H,15,20)/t12-/m0/s1. The van der Waals surface area contributed by atoms with Crippen LogP contribution < -0.4 is 10.1 Å². The van der Waals surface area contributed by atoms with E-state index in [0.29, 0.717) is 11.7 Å². The second kappa shape index (κ2) is 7.51. The zero-order valence-electron chi connectivity index (χ0n) is 12.0. The number of ether oxygens (including phenoxy) is 2. The molecule has 1 atom stereocenters. The molecule has 1 aliphatic rings. The van der Waals surface area contributed by atoms with Crippen LogP contribution in [0.1, 0.15) is 0 Å². The summed E-state index contributed by atoms with van der Waals surface area (Å²) in [6, 6.07) is 7.55. The number of esters is 1. The molecular formula is C14H18N2O3S2. The Kier molecular flexibility index (Phi) is 5.69. The molecule has 1 aromatic rings. The fraction of sp³-hybridized carbons (Fsp3) is 0.429. The lowest BCUT2D eigenvalue weighted by atomic mass is 10.3. The van der Waals surface area contributed by atoms with Gasteiger partial charge in [0.2, 0.25) is 0 Å². The minimum Gasteiger partial charge on any atom is -0.497 e. The summed E-state index contributed by atoms with van der Waals surface area (Å²) < 4.78 is 9.92. The molecule has 2 rings (SSSR count). The number of hydrogen-bond donors (Lipinski definition) is 1. The summed E-state index contributed by atoms with van der Waals surface area (Å²) in [6.07, 6.45) is 0. The zero-order chi connectivity index (χ0) is 15.2. The van der Waals surface area contributed by atoms with Crippen LogP contribution in [0.4, 0.5) is 5.69 Å². The molecule has 0 aliphatic carbocycles. The second-order valence-corrected chi connectivity index (χ2v) is 6.18. The molecule has 0 saturated carbocycles. The first-order chi connectivity index (χ1) is 10.1. The first-order valence-electron chi connectivity index (χ1n) is 6.53. The highest BCUT2D eigenvalue weighted by atomic mass is 32.2. The molecule has 1 saturated heterocycles. The number of thiocarbonyl (C=S) groups is 1. The fourth-order valence-corrected chi connectivity index (χ4v) is 3.40. The topological polar surface area (TPSA) is 50.8 Å². The van der Waals surface area contributed by atoms with E-state index in [9.17, 15) is 4.79 Å². The van der Waals surface area contributed by atoms with Crippen LogP contribution in [0, 0.1) is 0 Å². The van der Waals surface area contributed by atoms with Crippen molar-refractivity contribution >= 4 is 40.7 Å². The van der Waals surface area contributed by atoms with Gasteiger partial charge in [0.1, 0.15) is 11.0 Å². The van der Waals surface area contributed by atoms with Gasteiger partial charge in [0.15, 0.2) is 5.11 Å². The number of rotatable bonds is 3. The Morgan fingerprint density at radius 1 is 1.38 bits per heavy atom. The molecule has 0 unspecified atom stereocenters. The summed E-state index contributed by atoms with van der Waals surface area (Å²) >= 11 is 7.02. The van der Waals surface area contributed by atoms with Gasteiger partial charge >= 0.3 is 5.97 Å². The predicted octanol–water partition coefficient (Wildman–Crippen LogP) is 1.98. The van der Waals surface area contributed by atoms with E-state index in [4.69, 9.17) is 21.7 Å². The number of carbonyl (C=O) groups is 1. The third-order valence-corrected chi connectivity index (χ3v) is 4.68. The summed E-state index contributed by atoms with van der Waals surface area (Å²) in [5.41, 5.74) is 0.897. The molecular weight excluding hydrogens is 308 g/mol. The Hall–Kier alpha value is -1.47. The quantitative estimate of drug-likeness (QED) is 0.673. The average Bonchev–Trinajstić information content (AvgIpc) is 2.55. The number of thioether (sulfide) groups is 1. The minimum atomic E-state index is -0.197. The number of methoxy groups -OCH3 is 2. The second-order valence-electron chi connectivity index (χ2n) is 4.49. The van der Waals surface area contributed by atoms with Gasteiger partial charge in [-0.1, -0.05) is 0 Å². The largest absolute Gasteiger partial charge is 0.497 e. The summed E-state index contributed by atoms with van der Waals surface area (Å²) in [7, 11) is 3.04. The molecule has 114 valence electrons. The number of hydrogen-bond acceptors (Lipinski definition) is 5. The first kappa shape index (κ1) is 15.9. The zero-order valence-corrected chi connectivity index (χ0v) is 13.6. The minimum absolute atomic E-state index is 0.181. The molecule has 0 spiro atoms. The molecule has 1 aliphatic heterocycles. The molecule has 0 aromatic heterocycles. The van der Waals surface area contributed by atoms with Crippen molar-refractivity contribution in [3.63, 3.8) is 0 Å². The van der Waals surface area contributed by atoms with Gasteiger partial charge in [0, 0.05) is 24.5 Å². The third kappa shape index (κ3) is 4.25. The highest BCUT2D eigenvalue weighted by molar-refractivity contribution is 8.00. The molecule has 21 heavy (non-hydrogen) atoms. The molecule has 0 radical (unpaired) electrons. The van der Waals surface area contributed by atoms with Gasteiger partial charge in [-0.3, -0.25) is 4.79 Å². The number of benzene rings is 1. The molecule has 1 heterocycles. The van der Waals surface area contributed by atoms with Gasteiger partial charge < -0.3 is 19.7 Å². The van der Waals surface area contributed by atoms with Crippen LogP contribution >= 0.6 is 24.0 Å². The van der Waals surface area contributed by atoms with E-state index < -0.39 is 0 Å². The van der Waals surface area contributed by atoms with E-state index in [1.807, 2.05) is 29.2 Å². The predicted molar refractivity (Wildman–Crippen MR) is 89.0 cm³/mol. The Bertz CT molecular complexity index is 507. The van der Waals surface area contributed by atoms with E-state index >= 15 is 0 Å². The Balaban J connectivity index is 1.94. The van der Waals surface area contributed by atoms with Gasteiger partial charge in [-0.2, -0.15) is 0 Å². The van der Waals surface area contributed by atoms with Crippen molar-refractivity contribution in [1.29, 1.82) is 0 Å². The average molecular weight is 326 g/mol. The van der Waals surface area contributed by atoms with E-state index in [1.54, 1.807) is 18.9 Å². The van der Waals surface area contributed by atoms with E-state index in [-0.39, 0.29) is 11.2 Å². The van der Waals surface area contributed by atoms with Crippen molar-refractivity contribution in [3.8, 4) is 5.75 Å². The van der Waals surface area contributed by atoms with Crippen LogP contribution in [-0.2, 0) is 9.53 Å². The monoisotopic (exact) mass is 326 g/mol. The normalized spacial score (nSPS) is 18.0. The maximum Gasteiger partial charge on any atom is 0.320 e. The van der Waals surface area contributed by atoms with Crippen molar-refractivity contribution < 1.29 is 14.3 Å². The maximum absolute atomic E-state index is 11.6. The SMILES string of the molecule is COC(=O)[C@@H]1CN(C(=S)Nc2ccc(OC)cc2)CCS1. The van der Waals surface area contributed by atoms with E-state index in [0.717, 1.165) is 23.7 Å². The van der Waals surface area contributed by atoms with Gasteiger partial charge in [0.05, 0.1) is 14.2 Å². The lowest BCUT2D eigenvalue weighted by Gasteiger charge is -2.33. The summed E-state index contributed by atoms with van der Waals surface area (Å²) in [5.74, 6) is 1.45. The van der Waals surface area contributed by atoms with Crippen molar-refractivity contribution in [2.75, 3.05) is 38.4 Å². The Morgan fingerprint density at radius 3 is 2.71 bits per heavy atom. The van der Waals surface area contributed by atoms with Gasteiger partial charge in [-0.05, 0) is 36.5 Å². The lowest BCUT2D eigenvalue weighted by Crippen LogP contribution is -2.46. The first-order valence-corrected chi connectivity index (χ1v) is 7.99. The Labute approximate surface area is 134 Å². The summed E-state index contributed by atoms with van der Waals surface area (Å²) in [5, 5.41) is 3.62. The van der Waals surface area contributed by atoms with Crippen molar-refractivity contribution in [2.24, 2.45) is 0 Å². The highest BCUT2D eigenvalue weighted by Crippen LogP contribution is 2.21. The third-order valence-electron chi connectivity index (χ3n) is 3.16.